The van der Waals surface area contributed by atoms with E-state index in [1.165, 1.54) is 0 Å². The van der Waals surface area contributed by atoms with Crippen LogP contribution in [0, 0.1) is 0 Å². The predicted octanol–water partition coefficient (Wildman–Crippen LogP) is 0.744. The average molecular weight is 395 g/mol. The van der Waals surface area contributed by atoms with Crippen molar-refractivity contribution in [3.63, 3.8) is 0 Å². The maximum Gasteiger partial charge on any atom is 0.262 e. The van der Waals surface area contributed by atoms with Gasteiger partial charge in [0.2, 0.25) is 5.91 Å². The first-order valence-electron chi connectivity index (χ1n) is 9.81. The molecule has 29 heavy (non-hydrogen) atoms. The number of carbonyl (C=O) groups excluding carboxylic acids is 2. The lowest BCUT2D eigenvalue weighted by molar-refractivity contribution is -0.131. The van der Waals surface area contributed by atoms with Gasteiger partial charge in [-0.3, -0.25) is 9.59 Å². The van der Waals surface area contributed by atoms with E-state index in [2.05, 4.69) is 15.2 Å². The lowest BCUT2D eigenvalue weighted by atomic mass is 10.1. The first-order valence-corrected chi connectivity index (χ1v) is 9.81. The maximum atomic E-state index is 13.0. The minimum Gasteiger partial charge on any atom is -0.477 e. The van der Waals surface area contributed by atoms with E-state index in [0.717, 1.165) is 24.6 Å². The lowest BCUT2D eigenvalue weighted by Gasteiger charge is -2.38. The molecule has 0 unspecified atom stereocenters. The van der Waals surface area contributed by atoms with Crippen LogP contribution in [-0.4, -0.2) is 74.1 Å². The summed E-state index contributed by atoms with van der Waals surface area (Å²) >= 11 is 0. The van der Waals surface area contributed by atoms with Gasteiger partial charge in [0.1, 0.15) is 11.6 Å². The summed E-state index contributed by atoms with van der Waals surface area (Å²) < 4.78 is 5.81. The number of nitrogens with one attached hydrogen (secondary N) is 1. The number of nitrogens with zero attached hydrogens (tertiary/aromatic N) is 4. The summed E-state index contributed by atoms with van der Waals surface area (Å²) in [4.78, 5) is 35.5. The van der Waals surface area contributed by atoms with Gasteiger partial charge in [-0.2, -0.15) is 0 Å². The molecule has 1 saturated heterocycles. The molecule has 3 heterocycles. The highest BCUT2D eigenvalue weighted by Gasteiger charge is 2.32. The molecular formula is C21H25N5O3. The number of amides is 2. The van der Waals surface area contributed by atoms with Crippen LogP contribution < -0.4 is 19.9 Å². The van der Waals surface area contributed by atoms with Crippen LogP contribution >= 0.6 is 0 Å². The fraction of sp³-hybridized carbons (Fsp3) is 0.381. The normalized spacial score (nSPS) is 18.7. The van der Waals surface area contributed by atoms with Crippen LogP contribution in [-0.2, 0) is 9.59 Å². The molecule has 1 atom stereocenters. The van der Waals surface area contributed by atoms with E-state index in [0.29, 0.717) is 25.4 Å². The van der Waals surface area contributed by atoms with Crippen LogP contribution in [0.15, 0.2) is 48.7 Å². The van der Waals surface area contributed by atoms with Crippen molar-refractivity contribution in [3.8, 4) is 5.75 Å². The molecule has 2 aliphatic heterocycles. The summed E-state index contributed by atoms with van der Waals surface area (Å²) in [6, 6.07) is 13.4. The zero-order valence-corrected chi connectivity index (χ0v) is 16.5. The Morgan fingerprint density at radius 1 is 1.10 bits per heavy atom. The Hall–Kier alpha value is -3.29. The van der Waals surface area contributed by atoms with Crippen LogP contribution in [0.4, 0.5) is 11.5 Å². The average Bonchev–Trinajstić information content (AvgIpc) is 2.79. The minimum atomic E-state index is -0.635. The third-order valence-electron chi connectivity index (χ3n) is 5.33. The second kappa shape index (κ2) is 8.38. The van der Waals surface area contributed by atoms with E-state index in [1.807, 2.05) is 52.3 Å². The topological polar surface area (TPSA) is 78.0 Å². The van der Waals surface area contributed by atoms with Crippen molar-refractivity contribution >= 4 is 23.3 Å². The van der Waals surface area contributed by atoms with Crippen LogP contribution in [0.1, 0.15) is 0 Å². The number of carbonyl (C=O) groups is 2. The molecule has 8 nitrogen and oxygen atoms in total. The van der Waals surface area contributed by atoms with Gasteiger partial charge in [0.15, 0.2) is 6.10 Å². The maximum absolute atomic E-state index is 13.0. The summed E-state index contributed by atoms with van der Waals surface area (Å²) in [6.45, 7) is 3.38. The van der Waals surface area contributed by atoms with Gasteiger partial charge in [-0.05, 0) is 24.3 Å². The van der Waals surface area contributed by atoms with Crippen LogP contribution in [0.3, 0.4) is 0 Å². The first-order chi connectivity index (χ1) is 14.2. The number of rotatable bonds is 4. The Morgan fingerprint density at radius 3 is 2.59 bits per heavy atom. The van der Waals surface area contributed by atoms with E-state index in [1.54, 1.807) is 13.2 Å². The number of aromatic nitrogens is 1. The molecule has 0 saturated carbocycles. The molecule has 152 valence electrons. The fourth-order valence-electron chi connectivity index (χ4n) is 3.74. The number of hydrogen-bond acceptors (Lipinski definition) is 6. The number of ether oxygens (including phenoxy) is 1. The SMILES string of the molecule is CNC(=O)[C@@H]1CN(CC(=O)N2CCN(c3ccccn3)CC2)c2ccccc2O1. The fourth-order valence-corrected chi connectivity index (χ4v) is 3.74. The Morgan fingerprint density at radius 2 is 1.86 bits per heavy atom. The Kier molecular flexibility index (Phi) is 5.50. The number of fused-ring (bicyclic) bond motifs is 1. The van der Waals surface area contributed by atoms with E-state index in [-0.39, 0.29) is 18.4 Å². The number of anilines is 2. The molecule has 4 rings (SSSR count). The summed E-state index contributed by atoms with van der Waals surface area (Å²) in [7, 11) is 1.59. The third-order valence-corrected chi connectivity index (χ3v) is 5.33. The minimum absolute atomic E-state index is 0.0537. The van der Waals surface area contributed by atoms with E-state index in [4.69, 9.17) is 4.74 Å². The molecule has 0 spiro atoms. The first kappa shape index (κ1) is 19.0. The summed E-state index contributed by atoms with van der Waals surface area (Å²) in [5.74, 6) is 1.43. The molecule has 0 bridgehead atoms. The lowest BCUT2D eigenvalue weighted by Crippen LogP contribution is -2.54. The molecule has 2 aromatic rings. The van der Waals surface area contributed by atoms with Gasteiger partial charge >= 0.3 is 0 Å². The van der Waals surface area contributed by atoms with Crippen molar-refractivity contribution in [3.05, 3.63) is 48.7 Å². The van der Waals surface area contributed by atoms with Crippen molar-refractivity contribution in [2.45, 2.75) is 6.10 Å². The second-order valence-corrected chi connectivity index (χ2v) is 7.12. The predicted molar refractivity (Wildman–Crippen MR) is 110 cm³/mol. The van der Waals surface area contributed by atoms with E-state index in [9.17, 15) is 9.59 Å². The monoisotopic (exact) mass is 395 g/mol. The summed E-state index contributed by atoms with van der Waals surface area (Å²) in [5, 5.41) is 2.63. The summed E-state index contributed by atoms with van der Waals surface area (Å²) in [6.07, 6.45) is 1.15. The number of para-hydroxylation sites is 2. The number of likely N-dealkylation sites (N-methyl/N-ethyl adjacent to an activating group) is 1. The van der Waals surface area contributed by atoms with Gasteiger partial charge in [0, 0.05) is 39.4 Å². The van der Waals surface area contributed by atoms with Crippen LogP contribution in [0.2, 0.25) is 0 Å². The van der Waals surface area contributed by atoms with Gasteiger partial charge in [0.25, 0.3) is 5.91 Å². The van der Waals surface area contributed by atoms with Gasteiger partial charge < -0.3 is 24.8 Å². The second-order valence-electron chi connectivity index (χ2n) is 7.12. The standard InChI is InChI=1S/C21H25N5O3/c1-22-21(28)18-14-26(16-6-2-3-7-17(16)29-18)15-20(27)25-12-10-24(11-13-25)19-8-4-5-9-23-19/h2-9,18H,10-15H2,1H3,(H,22,28)/t18-/m0/s1. The third kappa shape index (κ3) is 4.11. The van der Waals surface area contributed by atoms with Crippen molar-refractivity contribution in [1.29, 1.82) is 0 Å². The quantitative estimate of drug-likeness (QED) is 0.823. The number of piperazine rings is 1. The zero-order valence-electron chi connectivity index (χ0n) is 16.5. The highest BCUT2D eigenvalue weighted by atomic mass is 16.5. The molecule has 1 aromatic carbocycles. The largest absolute Gasteiger partial charge is 0.477 e. The van der Waals surface area contributed by atoms with Gasteiger partial charge in [-0.15, -0.1) is 0 Å². The Labute approximate surface area is 170 Å². The smallest absolute Gasteiger partial charge is 0.262 e. The molecule has 1 N–H and O–H groups in total. The molecule has 1 fully saturated rings. The van der Waals surface area contributed by atoms with E-state index >= 15 is 0 Å². The molecular weight excluding hydrogens is 370 g/mol. The summed E-state index contributed by atoms with van der Waals surface area (Å²) in [5.41, 5.74) is 0.841. The molecule has 0 radical (unpaired) electrons. The van der Waals surface area contributed by atoms with Crippen molar-refractivity contribution in [1.82, 2.24) is 15.2 Å². The van der Waals surface area contributed by atoms with Crippen molar-refractivity contribution in [2.75, 3.05) is 56.1 Å². The molecule has 8 heteroatoms. The van der Waals surface area contributed by atoms with Gasteiger partial charge in [-0.25, -0.2) is 4.98 Å². The van der Waals surface area contributed by atoms with E-state index < -0.39 is 6.10 Å². The number of pyridine rings is 1. The van der Waals surface area contributed by atoms with Gasteiger partial charge in [0.05, 0.1) is 18.8 Å². The van der Waals surface area contributed by atoms with Crippen molar-refractivity contribution in [2.24, 2.45) is 0 Å². The van der Waals surface area contributed by atoms with Crippen LogP contribution in [0.25, 0.3) is 0 Å². The Bertz CT molecular complexity index is 868. The Balaban J connectivity index is 1.41. The molecule has 0 aliphatic carbocycles. The number of benzene rings is 1. The highest BCUT2D eigenvalue weighted by molar-refractivity contribution is 5.86. The molecule has 2 amide bonds. The van der Waals surface area contributed by atoms with Crippen LogP contribution in [0.5, 0.6) is 5.75 Å². The number of hydrogen-bond donors (Lipinski definition) is 1. The van der Waals surface area contributed by atoms with Gasteiger partial charge in [-0.1, -0.05) is 18.2 Å². The van der Waals surface area contributed by atoms with Crippen molar-refractivity contribution < 1.29 is 14.3 Å². The highest BCUT2D eigenvalue weighted by Crippen LogP contribution is 2.33. The zero-order chi connectivity index (χ0) is 20.2. The molecule has 1 aromatic heterocycles. The molecule has 2 aliphatic rings.